The van der Waals surface area contributed by atoms with Crippen LogP contribution in [0.15, 0.2) is 34.5 Å². The molecule has 0 aliphatic carbocycles. The summed E-state index contributed by atoms with van der Waals surface area (Å²) >= 11 is 0. The van der Waals surface area contributed by atoms with Crippen molar-refractivity contribution in [3.05, 3.63) is 35.8 Å². The molecule has 98 valence electrons. The topological polar surface area (TPSA) is 56.5 Å². The van der Waals surface area contributed by atoms with Crippen LogP contribution in [0.3, 0.4) is 0 Å². The lowest BCUT2D eigenvalue weighted by molar-refractivity contribution is -0.143. The Bertz CT molecular complexity index is 457. The van der Waals surface area contributed by atoms with Crippen molar-refractivity contribution in [3.63, 3.8) is 0 Å². The van der Waals surface area contributed by atoms with Gasteiger partial charge in [-0.05, 0) is 18.2 Å². The number of hydrogen-bond donors (Lipinski definition) is 0. The number of allylic oxidation sites excluding steroid dienone is 1. The van der Waals surface area contributed by atoms with Gasteiger partial charge in [0.05, 0.1) is 19.8 Å². The van der Waals surface area contributed by atoms with Gasteiger partial charge >= 0.3 is 12.1 Å². The number of furan rings is 1. The molecule has 18 heavy (non-hydrogen) atoms. The van der Waals surface area contributed by atoms with Crippen LogP contribution < -0.4 is 0 Å². The van der Waals surface area contributed by atoms with Crippen LogP contribution in [-0.2, 0) is 9.53 Å². The maximum atomic E-state index is 12.6. The molecule has 1 heterocycles. The summed E-state index contributed by atoms with van der Waals surface area (Å²) in [5.41, 5.74) is -1.28. The highest BCUT2D eigenvalue weighted by atomic mass is 19.4. The zero-order valence-corrected chi connectivity index (χ0v) is 9.28. The van der Waals surface area contributed by atoms with Gasteiger partial charge in [-0.1, -0.05) is 0 Å². The van der Waals surface area contributed by atoms with Crippen molar-refractivity contribution in [1.82, 2.24) is 0 Å². The molecule has 0 bridgehead atoms. The van der Waals surface area contributed by atoms with Crippen LogP contribution in [-0.4, -0.2) is 25.0 Å². The van der Waals surface area contributed by atoms with Crippen LogP contribution in [0.25, 0.3) is 0 Å². The predicted octanol–water partition coefficient (Wildman–Crippen LogP) is 2.51. The van der Waals surface area contributed by atoms with Crippen LogP contribution in [0.5, 0.6) is 0 Å². The van der Waals surface area contributed by atoms with E-state index in [0.29, 0.717) is 6.08 Å². The Morgan fingerprint density at radius 3 is 2.56 bits per heavy atom. The second-order valence-corrected chi connectivity index (χ2v) is 3.26. The zero-order valence-electron chi connectivity index (χ0n) is 9.28. The maximum Gasteiger partial charge on any atom is 0.413 e. The normalized spacial score (nSPS) is 12.3. The number of esters is 1. The maximum absolute atomic E-state index is 12.6. The number of halogens is 3. The number of ketones is 1. The summed E-state index contributed by atoms with van der Waals surface area (Å²) in [6.07, 6.45) is -4.31. The van der Waals surface area contributed by atoms with E-state index in [9.17, 15) is 22.8 Å². The first kappa shape index (κ1) is 14.0. The Labute approximate surface area is 100 Å². The Morgan fingerprint density at radius 1 is 1.44 bits per heavy atom. The molecule has 7 heteroatoms. The van der Waals surface area contributed by atoms with Crippen LogP contribution in [0, 0.1) is 0 Å². The van der Waals surface area contributed by atoms with Crippen molar-refractivity contribution < 1.29 is 31.9 Å². The minimum absolute atomic E-state index is 0.235. The molecule has 4 nitrogen and oxygen atoms in total. The third-order valence-electron chi connectivity index (χ3n) is 2.00. The molecule has 0 saturated carbocycles. The highest BCUT2D eigenvalue weighted by Gasteiger charge is 2.36. The molecule has 0 fully saturated rings. The highest BCUT2D eigenvalue weighted by Crippen LogP contribution is 2.28. The van der Waals surface area contributed by atoms with E-state index in [1.807, 2.05) is 0 Å². The SMILES string of the molecule is COC(=O)C/C(=C\C(=O)c1ccco1)C(F)(F)F. The summed E-state index contributed by atoms with van der Waals surface area (Å²) in [7, 11) is 0.963. The molecule has 0 amide bonds. The number of carbonyl (C=O) groups is 2. The lowest BCUT2D eigenvalue weighted by Crippen LogP contribution is -2.17. The van der Waals surface area contributed by atoms with Crippen LogP contribution in [0.2, 0.25) is 0 Å². The van der Waals surface area contributed by atoms with Crippen molar-refractivity contribution in [1.29, 1.82) is 0 Å². The molecule has 1 rings (SSSR count). The van der Waals surface area contributed by atoms with Crippen molar-refractivity contribution in [3.8, 4) is 0 Å². The summed E-state index contributed by atoms with van der Waals surface area (Å²) < 4.78 is 46.5. The molecule has 1 aromatic heterocycles. The number of alkyl halides is 3. The minimum atomic E-state index is -4.78. The summed E-state index contributed by atoms with van der Waals surface area (Å²) in [5.74, 6) is -2.27. The molecule has 0 aliphatic rings. The fourth-order valence-electron chi connectivity index (χ4n) is 1.11. The Hall–Kier alpha value is -2.05. The third kappa shape index (κ3) is 3.76. The smallest absolute Gasteiger partial charge is 0.413 e. The van der Waals surface area contributed by atoms with E-state index in [2.05, 4.69) is 9.15 Å². The Balaban J connectivity index is 2.96. The molecule has 0 atom stereocenters. The first-order valence-electron chi connectivity index (χ1n) is 4.77. The second kappa shape index (κ2) is 5.52. The predicted molar refractivity (Wildman–Crippen MR) is 53.8 cm³/mol. The molecular formula is C11H9F3O4. The molecule has 0 unspecified atom stereocenters. The summed E-state index contributed by atoms with van der Waals surface area (Å²) in [6.45, 7) is 0. The minimum Gasteiger partial charge on any atom is -0.469 e. The number of hydrogen-bond acceptors (Lipinski definition) is 4. The highest BCUT2D eigenvalue weighted by molar-refractivity contribution is 6.03. The van der Waals surface area contributed by atoms with E-state index in [4.69, 9.17) is 0 Å². The number of carbonyl (C=O) groups excluding carboxylic acids is 2. The average molecular weight is 262 g/mol. The molecule has 0 aliphatic heterocycles. The van der Waals surface area contributed by atoms with Crippen LogP contribution >= 0.6 is 0 Å². The number of rotatable bonds is 4. The van der Waals surface area contributed by atoms with Gasteiger partial charge in [0.1, 0.15) is 0 Å². The molecule has 0 N–H and O–H groups in total. The van der Waals surface area contributed by atoms with Crippen LogP contribution in [0.1, 0.15) is 17.0 Å². The van der Waals surface area contributed by atoms with Gasteiger partial charge in [-0.3, -0.25) is 9.59 Å². The van der Waals surface area contributed by atoms with E-state index >= 15 is 0 Å². The van der Waals surface area contributed by atoms with Crippen LogP contribution in [0.4, 0.5) is 13.2 Å². The van der Waals surface area contributed by atoms with E-state index in [-0.39, 0.29) is 5.76 Å². The fourth-order valence-corrected chi connectivity index (χ4v) is 1.11. The molecule has 0 aromatic carbocycles. The first-order chi connectivity index (χ1) is 8.34. The molecule has 0 spiro atoms. The molecule has 0 radical (unpaired) electrons. The van der Waals surface area contributed by atoms with Crippen molar-refractivity contribution in [2.24, 2.45) is 0 Å². The van der Waals surface area contributed by atoms with E-state index in [0.717, 1.165) is 13.4 Å². The van der Waals surface area contributed by atoms with Gasteiger partial charge in [-0.25, -0.2) is 0 Å². The van der Waals surface area contributed by atoms with E-state index in [1.54, 1.807) is 0 Å². The zero-order chi connectivity index (χ0) is 13.8. The van der Waals surface area contributed by atoms with E-state index < -0.39 is 29.9 Å². The van der Waals surface area contributed by atoms with E-state index in [1.165, 1.54) is 12.1 Å². The summed E-state index contributed by atoms with van der Waals surface area (Å²) in [5, 5.41) is 0. The van der Waals surface area contributed by atoms with Gasteiger partial charge in [0.25, 0.3) is 0 Å². The van der Waals surface area contributed by atoms with Crippen molar-refractivity contribution in [2.45, 2.75) is 12.6 Å². The van der Waals surface area contributed by atoms with Gasteiger partial charge in [-0.15, -0.1) is 0 Å². The van der Waals surface area contributed by atoms with Gasteiger partial charge in [-0.2, -0.15) is 13.2 Å². The summed E-state index contributed by atoms with van der Waals surface area (Å²) in [6, 6.07) is 2.60. The van der Waals surface area contributed by atoms with Gasteiger partial charge < -0.3 is 9.15 Å². The van der Waals surface area contributed by atoms with Gasteiger partial charge in [0.2, 0.25) is 5.78 Å². The summed E-state index contributed by atoms with van der Waals surface area (Å²) in [4.78, 5) is 22.2. The Kier molecular flexibility index (Phi) is 4.30. The second-order valence-electron chi connectivity index (χ2n) is 3.26. The largest absolute Gasteiger partial charge is 0.469 e. The average Bonchev–Trinajstić information content (AvgIpc) is 2.79. The standard InChI is InChI=1S/C11H9F3O4/c1-17-10(16)6-7(11(12,13)14)5-8(15)9-3-2-4-18-9/h2-5H,6H2,1H3/b7-5+. The molecular weight excluding hydrogens is 253 g/mol. The van der Waals surface area contributed by atoms with Gasteiger partial charge in [0.15, 0.2) is 5.76 Å². The third-order valence-corrected chi connectivity index (χ3v) is 2.00. The van der Waals surface area contributed by atoms with Crippen molar-refractivity contribution in [2.75, 3.05) is 7.11 Å². The fraction of sp³-hybridized carbons (Fsp3) is 0.273. The number of ether oxygens (including phenoxy) is 1. The molecule has 0 saturated heterocycles. The monoisotopic (exact) mass is 262 g/mol. The lowest BCUT2D eigenvalue weighted by atomic mass is 10.1. The number of methoxy groups -OCH3 is 1. The first-order valence-corrected chi connectivity index (χ1v) is 4.77. The Morgan fingerprint density at radius 2 is 2.11 bits per heavy atom. The molecule has 1 aromatic rings. The van der Waals surface area contributed by atoms with Gasteiger partial charge in [0, 0.05) is 5.57 Å². The van der Waals surface area contributed by atoms with Crippen molar-refractivity contribution >= 4 is 11.8 Å². The quantitative estimate of drug-likeness (QED) is 0.475. The lowest BCUT2D eigenvalue weighted by Gasteiger charge is -2.09.